The average Bonchev–Trinajstić information content (AvgIpc) is 2.30. The molecule has 2 fully saturated rings. The molecule has 0 bridgehead atoms. The molecular weight excluding hydrogens is 204 g/mol. The number of nitrogens with zero attached hydrogens (tertiary/aromatic N) is 2. The number of rotatable bonds is 4. The molecule has 2 aliphatic heterocycles. The van der Waals surface area contributed by atoms with Gasteiger partial charge in [-0.05, 0) is 19.5 Å². The maximum absolute atomic E-state index is 11.2. The van der Waals surface area contributed by atoms with Gasteiger partial charge in [-0.1, -0.05) is 0 Å². The van der Waals surface area contributed by atoms with E-state index in [-0.39, 0.29) is 5.91 Å². The topological polar surface area (TPSA) is 47.6 Å². The molecule has 2 rings (SSSR count). The monoisotopic (exact) mass is 226 g/mol. The lowest BCUT2D eigenvalue weighted by molar-refractivity contribution is -0.124. The third-order valence-electron chi connectivity index (χ3n) is 3.28. The number of nitrogens with one attached hydrogen (secondary N) is 2. The second-order valence-electron chi connectivity index (χ2n) is 4.57. The first-order valence-electron chi connectivity index (χ1n) is 6.27. The molecule has 1 amide bonds. The molecule has 0 aromatic rings. The zero-order valence-corrected chi connectivity index (χ0v) is 9.87. The van der Waals surface area contributed by atoms with Crippen molar-refractivity contribution < 1.29 is 4.79 Å². The van der Waals surface area contributed by atoms with Gasteiger partial charge in [0.05, 0.1) is 6.54 Å². The fraction of sp³-hybridized carbons (Fsp3) is 0.909. The molecule has 2 heterocycles. The van der Waals surface area contributed by atoms with Crippen LogP contribution < -0.4 is 10.6 Å². The third-order valence-corrected chi connectivity index (χ3v) is 3.28. The Morgan fingerprint density at radius 1 is 1.00 bits per heavy atom. The quantitative estimate of drug-likeness (QED) is 0.626. The highest BCUT2D eigenvalue weighted by Crippen LogP contribution is 1.99. The van der Waals surface area contributed by atoms with Crippen molar-refractivity contribution in [2.75, 3.05) is 58.9 Å². The highest BCUT2D eigenvalue weighted by atomic mass is 16.2. The first-order valence-corrected chi connectivity index (χ1v) is 6.27. The van der Waals surface area contributed by atoms with Gasteiger partial charge in [0.1, 0.15) is 0 Å². The van der Waals surface area contributed by atoms with Crippen molar-refractivity contribution in [1.29, 1.82) is 0 Å². The van der Waals surface area contributed by atoms with Crippen molar-refractivity contribution in [1.82, 2.24) is 20.4 Å². The van der Waals surface area contributed by atoms with Crippen LogP contribution >= 0.6 is 0 Å². The Balaban J connectivity index is 1.58. The van der Waals surface area contributed by atoms with Crippen molar-refractivity contribution in [3.05, 3.63) is 0 Å². The van der Waals surface area contributed by atoms with Gasteiger partial charge in [0.2, 0.25) is 5.91 Å². The second kappa shape index (κ2) is 6.18. The van der Waals surface area contributed by atoms with Crippen LogP contribution in [0.5, 0.6) is 0 Å². The maximum atomic E-state index is 11.2. The lowest BCUT2D eigenvalue weighted by Gasteiger charge is -2.30. The maximum Gasteiger partial charge on any atom is 0.234 e. The smallest absolute Gasteiger partial charge is 0.234 e. The van der Waals surface area contributed by atoms with Gasteiger partial charge in [-0.3, -0.25) is 9.69 Å². The summed E-state index contributed by atoms with van der Waals surface area (Å²) in [6.07, 6.45) is 1.17. The first-order chi connectivity index (χ1) is 7.84. The number of piperazine rings is 2. The van der Waals surface area contributed by atoms with E-state index in [4.69, 9.17) is 0 Å². The molecule has 0 radical (unpaired) electrons. The summed E-state index contributed by atoms with van der Waals surface area (Å²) in [6, 6.07) is 0. The molecule has 0 saturated carbocycles. The van der Waals surface area contributed by atoms with E-state index in [0.717, 1.165) is 32.7 Å². The summed E-state index contributed by atoms with van der Waals surface area (Å²) in [5.74, 6) is 0.174. The van der Waals surface area contributed by atoms with E-state index in [0.29, 0.717) is 6.54 Å². The van der Waals surface area contributed by atoms with Gasteiger partial charge in [-0.25, -0.2) is 0 Å². The number of hydrogen-bond donors (Lipinski definition) is 2. The van der Waals surface area contributed by atoms with Crippen LogP contribution in [0.25, 0.3) is 0 Å². The number of carbonyl (C=O) groups is 1. The molecule has 16 heavy (non-hydrogen) atoms. The van der Waals surface area contributed by atoms with Crippen LogP contribution in [0.2, 0.25) is 0 Å². The molecule has 92 valence electrons. The third kappa shape index (κ3) is 3.73. The van der Waals surface area contributed by atoms with E-state index in [9.17, 15) is 4.79 Å². The Labute approximate surface area is 97.2 Å². The SMILES string of the molecule is O=C1CN(CCCN2CCNCC2)CCN1. The van der Waals surface area contributed by atoms with Gasteiger partial charge in [0.15, 0.2) is 0 Å². The molecule has 0 aromatic heterocycles. The zero-order valence-electron chi connectivity index (χ0n) is 9.87. The van der Waals surface area contributed by atoms with Crippen molar-refractivity contribution >= 4 is 5.91 Å². The number of hydrogen-bond acceptors (Lipinski definition) is 4. The highest BCUT2D eigenvalue weighted by molar-refractivity contribution is 5.78. The molecule has 0 unspecified atom stereocenters. The minimum Gasteiger partial charge on any atom is -0.354 e. The normalized spacial score (nSPS) is 24.4. The highest BCUT2D eigenvalue weighted by Gasteiger charge is 2.16. The number of amides is 1. The Bertz CT molecular complexity index is 228. The van der Waals surface area contributed by atoms with Crippen LogP contribution in [0.1, 0.15) is 6.42 Å². The van der Waals surface area contributed by atoms with Crippen LogP contribution in [-0.2, 0) is 4.79 Å². The van der Waals surface area contributed by atoms with Crippen molar-refractivity contribution in [2.24, 2.45) is 0 Å². The first kappa shape index (κ1) is 11.8. The van der Waals surface area contributed by atoms with Gasteiger partial charge in [-0.2, -0.15) is 0 Å². The predicted molar refractivity (Wildman–Crippen MR) is 63.4 cm³/mol. The minimum absolute atomic E-state index is 0.174. The van der Waals surface area contributed by atoms with Crippen LogP contribution in [0.15, 0.2) is 0 Å². The van der Waals surface area contributed by atoms with Gasteiger partial charge < -0.3 is 15.5 Å². The fourth-order valence-corrected chi connectivity index (χ4v) is 2.34. The van der Waals surface area contributed by atoms with Crippen molar-refractivity contribution in [3.63, 3.8) is 0 Å². The lowest BCUT2D eigenvalue weighted by atomic mass is 10.3. The summed E-state index contributed by atoms with van der Waals surface area (Å²) in [7, 11) is 0. The molecular formula is C11H22N4O. The van der Waals surface area contributed by atoms with Crippen LogP contribution in [0.3, 0.4) is 0 Å². The molecule has 0 atom stereocenters. The molecule has 5 heteroatoms. The van der Waals surface area contributed by atoms with Crippen molar-refractivity contribution in [3.8, 4) is 0 Å². The molecule has 0 aliphatic carbocycles. The molecule has 2 saturated heterocycles. The largest absolute Gasteiger partial charge is 0.354 e. The van der Waals surface area contributed by atoms with Crippen LogP contribution in [-0.4, -0.2) is 74.6 Å². The van der Waals surface area contributed by atoms with E-state index in [2.05, 4.69) is 20.4 Å². The summed E-state index contributed by atoms with van der Waals surface area (Å²) in [5.41, 5.74) is 0. The number of carbonyl (C=O) groups excluding carboxylic acids is 1. The van der Waals surface area contributed by atoms with Crippen molar-refractivity contribution in [2.45, 2.75) is 6.42 Å². The summed E-state index contributed by atoms with van der Waals surface area (Å²) < 4.78 is 0. The Morgan fingerprint density at radius 3 is 2.44 bits per heavy atom. The summed E-state index contributed by atoms with van der Waals surface area (Å²) >= 11 is 0. The van der Waals surface area contributed by atoms with E-state index in [1.807, 2.05) is 0 Å². The standard InChI is InChI=1S/C11H22N4O/c16-11-10-15(9-4-13-11)6-1-5-14-7-2-12-3-8-14/h12H,1-10H2,(H,13,16). The Kier molecular flexibility index (Phi) is 4.56. The van der Waals surface area contributed by atoms with E-state index < -0.39 is 0 Å². The minimum atomic E-state index is 0.174. The predicted octanol–water partition coefficient (Wildman–Crippen LogP) is -1.29. The van der Waals surface area contributed by atoms with Crippen LogP contribution in [0, 0.1) is 0 Å². The van der Waals surface area contributed by atoms with E-state index >= 15 is 0 Å². The average molecular weight is 226 g/mol. The molecule has 5 nitrogen and oxygen atoms in total. The summed E-state index contributed by atoms with van der Waals surface area (Å²) in [5, 5.41) is 6.21. The molecule has 0 aromatic carbocycles. The Hall–Kier alpha value is -0.650. The van der Waals surface area contributed by atoms with Gasteiger partial charge >= 0.3 is 0 Å². The summed E-state index contributed by atoms with van der Waals surface area (Å²) in [4.78, 5) is 15.9. The molecule has 0 spiro atoms. The van der Waals surface area contributed by atoms with E-state index in [1.54, 1.807) is 0 Å². The van der Waals surface area contributed by atoms with Gasteiger partial charge in [0.25, 0.3) is 0 Å². The summed E-state index contributed by atoms with van der Waals surface area (Å²) in [6.45, 7) is 9.19. The van der Waals surface area contributed by atoms with Gasteiger partial charge in [0, 0.05) is 39.3 Å². The molecule has 2 N–H and O–H groups in total. The second-order valence-corrected chi connectivity index (χ2v) is 4.57. The lowest BCUT2D eigenvalue weighted by Crippen LogP contribution is -2.48. The molecule has 2 aliphatic rings. The fourth-order valence-electron chi connectivity index (χ4n) is 2.34. The van der Waals surface area contributed by atoms with E-state index in [1.165, 1.54) is 26.1 Å². The Morgan fingerprint density at radius 2 is 1.69 bits per heavy atom. The van der Waals surface area contributed by atoms with Gasteiger partial charge in [-0.15, -0.1) is 0 Å². The van der Waals surface area contributed by atoms with Crippen LogP contribution in [0.4, 0.5) is 0 Å². The zero-order chi connectivity index (χ0) is 11.2.